The third-order valence-electron chi connectivity index (χ3n) is 7.54. The number of Topliss-reactive ketones (excluding diaryl/α,β-unsaturated/α-hetero) is 1. The summed E-state index contributed by atoms with van der Waals surface area (Å²) < 4.78 is 11.9. The number of epoxide rings is 1. The molecule has 2 aliphatic heterocycles. The number of ether oxygens (including phenoxy) is 2. The van der Waals surface area contributed by atoms with Crippen LogP contribution < -0.4 is 0 Å². The van der Waals surface area contributed by atoms with Gasteiger partial charge in [0.1, 0.15) is 23.6 Å². The molecule has 1 aromatic heterocycles. The highest BCUT2D eigenvalue weighted by molar-refractivity contribution is 7.09. The molecule has 1 aromatic rings. The van der Waals surface area contributed by atoms with E-state index in [0.29, 0.717) is 6.42 Å². The van der Waals surface area contributed by atoms with Crippen molar-refractivity contribution in [2.75, 3.05) is 0 Å². The number of carbonyl (C=O) groups is 2. The van der Waals surface area contributed by atoms with Gasteiger partial charge < -0.3 is 19.7 Å². The maximum Gasteiger partial charge on any atom is 0.308 e. The van der Waals surface area contributed by atoms with Crippen LogP contribution in [0.2, 0.25) is 0 Å². The SMILES string of the molecule is Cc1nc([C@@H]2O[C@@]2(C)[C@@H]2C/C=C\CCC[C@H](C)C(O)[C@@H](C)C(=O)C(C)(C)[C@@H](O)CC(=O)O2)cs1. The van der Waals surface area contributed by atoms with Crippen LogP contribution in [0.15, 0.2) is 17.5 Å². The van der Waals surface area contributed by atoms with Gasteiger partial charge in [-0.25, -0.2) is 4.98 Å². The Labute approximate surface area is 206 Å². The molecule has 8 heteroatoms. The van der Waals surface area contributed by atoms with Crippen LogP contribution in [0.1, 0.15) is 83.5 Å². The molecule has 2 aliphatic rings. The maximum atomic E-state index is 13.2. The summed E-state index contributed by atoms with van der Waals surface area (Å²) in [4.78, 5) is 30.6. The second-order valence-electron chi connectivity index (χ2n) is 10.7. The fraction of sp³-hybridized carbons (Fsp3) is 0.731. The van der Waals surface area contributed by atoms with Crippen LogP contribution in [0.3, 0.4) is 0 Å². The van der Waals surface area contributed by atoms with Crippen LogP contribution in [0, 0.1) is 24.2 Å². The van der Waals surface area contributed by atoms with E-state index in [1.54, 1.807) is 32.1 Å². The Balaban J connectivity index is 1.81. The molecule has 0 bridgehead atoms. The lowest BCUT2D eigenvalue weighted by molar-refractivity contribution is -0.158. The normalized spacial score (nSPS) is 38.8. The van der Waals surface area contributed by atoms with Crippen LogP contribution in [-0.4, -0.2) is 50.9 Å². The molecule has 2 N–H and O–H groups in total. The maximum absolute atomic E-state index is 13.2. The summed E-state index contributed by atoms with van der Waals surface area (Å²) >= 11 is 1.55. The van der Waals surface area contributed by atoms with Crippen LogP contribution in [0.4, 0.5) is 0 Å². The van der Waals surface area contributed by atoms with E-state index in [9.17, 15) is 19.8 Å². The molecule has 1 unspecified atom stereocenters. The van der Waals surface area contributed by atoms with Gasteiger partial charge in [-0.05, 0) is 39.0 Å². The standard InChI is InChI=1S/C26H39NO6S/c1-15-11-9-7-8-10-12-20(26(6)24(33-26)18-14-34-17(3)27-18)32-21(29)13-19(28)25(4,5)23(31)16(2)22(15)30/h8,10,14-16,19-20,22,24,28,30H,7,9,11-13H2,1-6H3/b10-8-/t15-,16+,19-,20-,22?,24-,26-/m0/s1. The molecule has 0 radical (unpaired) electrons. The zero-order chi connectivity index (χ0) is 25.3. The zero-order valence-electron chi connectivity index (χ0n) is 21.1. The Bertz CT molecular complexity index is 911. The van der Waals surface area contributed by atoms with Gasteiger partial charge in [0.15, 0.2) is 0 Å². The van der Waals surface area contributed by atoms with E-state index < -0.39 is 41.2 Å². The van der Waals surface area contributed by atoms with Crippen molar-refractivity contribution in [3.8, 4) is 0 Å². The van der Waals surface area contributed by atoms with Crippen LogP contribution in [0.5, 0.6) is 0 Å². The van der Waals surface area contributed by atoms with Gasteiger partial charge in [-0.1, -0.05) is 39.8 Å². The molecule has 0 aromatic carbocycles. The molecule has 0 amide bonds. The number of carbonyl (C=O) groups excluding carboxylic acids is 2. The minimum Gasteiger partial charge on any atom is -0.459 e. The summed E-state index contributed by atoms with van der Waals surface area (Å²) in [6.45, 7) is 10.7. The third kappa shape index (κ3) is 5.78. The van der Waals surface area contributed by atoms with E-state index in [4.69, 9.17) is 9.47 Å². The number of allylic oxidation sites excluding steroid dienone is 1. The number of rotatable bonds is 2. The lowest BCUT2D eigenvalue weighted by Gasteiger charge is -2.34. The fourth-order valence-corrected chi connectivity index (χ4v) is 5.43. The highest BCUT2D eigenvalue weighted by Crippen LogP contribution is 2.53. The van der Waals surface area contributed by atoms with E-state index in [0.717, 1.165) is 30.0 Å². The predicted molar refractivity (Wildman–Crippen MR) is 130 cm³/mol. The molecule has 1 fully saturated rings. The number of hydrogen-bond acceptors (Lipinski definition) is 8. The van der Waals surface area contributed by atoms with Gasteiger partial charge in [-0.3, -0.25) is 9.59 Å². The first kappa shape index (κ1) is 27.0. The average molecular weight is 494 g/mol. The van der Waals surface area contributed by atoms with Gasteiger partial charge in [0.05, 0.1) is 34.7 Å². The van der Waals surface area contributed by atoms with Crippen LogP contribution in [0.25, 0.3) is 0 Å². The Morgan fingerprint density at radius 3 is 2.50 bits per heavy atom. The Hall–Kier alpha value is -1.61. The molecule has 0 spiro atoms. The number of aromatic nitrogens is 1. The topological polar surface area (TPSA) is 109 Å². The quantitative estimate of drug-likeness (QED) is 0.359. The van der Waals surface area contributed by atoms with Crippen molar-refractivity contribution in [3.05, 3.63) is 28.2 Å². The van der Waals surface area contributed by atoms with Gasteiger partial charge in [0.25, 0.3) is 0 Å². The number of ketones is 1. The number of thiazole rings is 1. The molecule has 1 saturated heterocycles. The summed E-state index contributed by atoms with van der Waals surface area (Å²) in [5.41, 5.74) is -1.06. The molecule has 3 rings (SSSR count). The molecule has 3 heterocycles. The molecular weight excluding hydrogens is 454 g/mol. The molecule has 7 atom stereocenters. The van der Waals surface area contributed by atoms with Crippen molar-refractivity contribution >= 4 is 23.1 Å². The lowest BCUT2D eigenvalue weighted by atomic mass is 9.73. The number of cyclic esters (lactones) is 1. The third-order valence-corrected chi connectivity index (χ3v) is 8.33. The smallest absolute Gasteiger partial charge is 0.308 e. The Morgan fingerprint density at radius 2 is 1.85 bits per heavy atom. The van der Waals surface area contributed by atoms with Crippen molar-refractivity contribution in [1.29, 1.82) is 0 Å². The second-order valence-corrected chi connectivity index (χ2v) is 11.7. The van der Waals surface area contributed by atoms with E-state index in [1.165, 1.54) is 0 Å². The van der Waals surface area contributed by atoms with E-state index in [1.807, 2.05) is 32.2 Å². The highest BCUT2D eigenvalue weighted by Gasteiger charge is 2.61. The monoisotopic (exact) mass is 493 g/mol. The molecule has 7 nitrogen and oxygen atoms in total. The van der Waals surface area contributed by atoms with Gasteiger partial charge in [-0.15, -0.1) is 11.3 Å². The largest absolute Gasteiger partial charge is 0.459 e. The summed E-state index contributed by atoms with van der Waals surface area (Å²) in [5, 5.41) is 24.5. The average Bonchev–Trinajstić information content (AvgIpc) is 3.29. The zero-order valence-corrected chi connectivity index (χ0v) is 21.9. The summed E-state index contributed by atoms with van der Waals surface area (Å²) in [6.07, 6.45) is 3.91. The number of aliphatic hydroxyl groups excluding tert-OH is 2. The number of aliphatic hydroxyl groups is 2. The van der Waals surface area contributed by atoms with Gasteiger partial charge >= 0.3 is 5.97 Å². The Kier molecular flexibility index (Phi) is 8.38. The molecule has 190 valence electrons. The molecule has 0 saturated carbocycles. The molecular formula is C26H39NO6S. The number of hydrogen-bond donors (Lipinski definition) is 2. The van der Waals surface area contributed by atoms with Crippen LogP contribution in [-0.2, 0) is 19.1 Å². The minimum atomic E-state index is -1.23. The van der Waals surface area contributed by atoms with Gasteiger partial charge in [0.2, 0.25) is 0 Å². The van der Waals surface area contributed by atoms with E-state index in [-0.39, 0.29) is 24.2 Å². The number of nitrogens with zero attached hydrogens (tertiary/aromatic N) is 1. The first-order valence-electron chi connectivity index (χ1n) is 12.2. The Morgan fingerprint density at radius 1 is 1.15 bits per heavy atom. The van der Waals surface area contributed by atoms with Crippen molar-refractivity contribution in [3.63, 3.8) is 0 Å². The van der Waals surface area contributed by atoms with Crippen LogP contribution >= 0.6 is 11.3 Å². The van der Waals surface area contributed by atoms with Crippen molar-refractivity contribution in [2.45, 2.75) is 104 Å². The first-order chi connectivity index (χ1) is 15.9. The van der Waals surface area contributed by atoms with Crippen molar-refractivity contribution in [2.24, 2.45) is 17.3 Å². The first-order valence-corrected chi connectivity index (χ1v) is 13.1. The predicted octanol–water partition coefficient (Wildman–Crippen LogP) is 4.30. The second kappa shape index (κ2) is 10.6. The fourth-order valence-electron chi connectivity index (χ4n) is 4.80. The number of esters is 1. The van der Waals surface area contributed by atoms with Gasteiger partial charge in [0, 0.05) is 17.7 Å². The molecule has 34 heavy (non-hydrogen) atoms. The van der Waals surface area contributed by atoms with Crippen molar-refractivity contribution < 1.29 is 29.3 Å². The van der Waals surface area contributed by atoms with E-state index in [2.05, 4.69) is 11.1 Å². The highest BCUT2D eigenvalue weighted by atomic mass is 32.1. The summed E-state index contributed by atoms with van der Waals surface area (Å²) in [6, 6.07) is 0. The van der Waals surface area contributed by atoms with Gasteiger partial charge in [-0.2, -0.15) is 0 Å². The minimum absolute atomic E-state index is 0.0491. The molecule has 0 aliphatic carbocycles. The summed E-state index contributed by atoms with van der Waals surface area (Å²) in [5.74, 6) is -1.53. The number of aryl methyl sites for hydroxylation is 1. The van der Waals surface area contributed by atoms with Crippen molar-refractivity contribution in [1.82, 2.24) is 4.98 Å². The summed E-state index contributed by atoms with van der Waals surface area (Å²) in [7, 11) is 0. The lowest BCUT2D eigenvalue weighted by Crippen LogP contribution is -2.46. The van der Waals surface area contributed by atoms with E-state index >= 15 is 0 Å².